The molecule has 1 fully saturated rings. The molecule has 1 amide bonds. The molecule has 1 N–H and O–H groups in total. The zero-order chi connectivity index (χ0) is 22.9. The zero-order valence-corrected chi connectivity index (χ0v) is 19.4. The first-order chi connectivity index (χ1) is 15.2. The normalized spacial score (nSPS) is 16.8. The van der Waals surface area contributed by atoms with Crippen LogP contribution in [-0.4, -0.2) is 45.3 Å². The van der Waals surface area contributed by atoms with Crippen LogP contribution in [0.3, 0.4) is 0 Å². The highest BCUT2D eigenvalue weighted by Gasteiger charge is 2.36. The number of nitrogens with zero attached hydrogens (tertiary/aromatic N) is 4. The zero-order valence-electron chi connectivity index (χ0n) is 19.4. The van der Waals surface area contributed by atoms with E-state index in [1.54, 1.807) is 0 Å². The summed E-state index contributed by atoms with van der Waals surface area (Å²) in [4.78, 5) is 20.1. The van der Waals surface area contributed by atoms with E-state index in [9.17, 15) is 4.79 Å². The standard InChI is InChI=1S/C25H31N5O2/c1-17-9-11-19(12-10-17)25(3,4)24(31)30-13-14-32-21(16-30)20-7-6-8-22(26-20)27-23-15-18(2)29(5)28-23/h6-12,15,21H,13-14,16H2,1-5H3,(H,26,27,28)/t21-/m0/s1. The Labute approximate surface area is 189 Å². The van der Waals surface area contributed by atoms with E-state index in [0.29, 0.717) is 25.5 Å². The summed E-state index contributed by atoms with van der Waals surface area (Å²) in [6.45, 7) is 9.57. The fourth-order valence-corrected chi connectivity index (χ4v) is 3.95. The number of aryl methyl sites for hydroxylation is 3. The van der Waals surface area contributed by atoms with E-state index in [0.717, 1.165) is 22.8 Å². The maximum atomic E-state index is 13.5. The van der Waals surface area contributed by atoms with Gasteiger partial charge in [-0.1, -0.05) is 35.9 Å². The third-order valence-corrected chi connectivity index (χ3v) is 6.13. The molecule has 0 spiro atoms. The first-order valence-corrected chi connectivity index (χ1v) is 11.0. The number of hydrogen-bond donors (Lipinski definition) is 1. The molecule has 1 aliphatic heterocycles. The van der Waals surface area contributed by atoms with Gasteiger partial charge in [0.05, 0.1) is 24.3 Å². The maximum absolute atomic E-state index is 13.5. The Morgan fingerprint density at radius 1 is 1.12 bits per heavy atom. The molecule has 32 heavy (non-hydrogen) atoms. The monoisotopic (exact) mass is 433 g/mol. The Hall–Kier alpha value is -3.19. The Bertz CT molecular complexity index is 1080. The number of aromatic nitrogens is 3. The second-order valence-electron chi connectivity index (χ2n) is 8.97. The topological polar surface area (TPSA) is 72.3 Å². The number of morpholine rings is 1. The lowest BCUT2D eigenvalue weighted by atomic mass is 9.82. The van der Waals surface area contributed by atoms with Gasteiger partial charge in [-0.2, -0.15) is 5.10 Å². The number of pyridine rings is 1. The smallest absolute Gasteiger partial charge is 0.232 e. The minimum absolute atomic E-state index is 0.105. The molecule has 2 aromatic heterocycles. The van der Waals surface area contributed by atoms with Crippen LogP contribution >= 0.6 is 0 Å². The van der Waals surface area contributed by atoms with Gasteiger partial charge in [0, 0.05) is 25.4 Å². The predicted molar refractivity (Wildman–Crippen MR) is 125 cm³/mol. The van der Waals surface area contributed by atoms with E-state index in [4.69, 9.17) is 9.72 Å². The summed E-state index contributed by atoms with van der Waals surface area (Å²) in [5.41, 5.74) is 3.45. The molecular formula is C25H31N5O2. The molecular weight excluding hydrogens is 402 g/mol. The van der Waals surface area contributed by atoms with Crippen molar-refractivity contribution in [3.63, 3.8) is 0 Å². The summed E-state index contributed by atoms with van der Waals surface area (Å²) in [5.74, 6) is 1.55. The van der Waals surface area contributed by atoms with Crippen molar-refractivity contribution < 1.29 is 9.53 Å². The van der Waals surface area contributed by atoms with Crippen molar-refractivity contribution in [2.24, 2.45) is 7.05 Å². The summed E-state index contributed by atoms with van der Waals surface area (Å²) >= 11 is 0. The van der Waals surface area contributed by atoms with E-state index < -0.39 is 5.41 Å². The van der Waals surface area contributed by atoms with Gasteiger partial charge < -0.3 is 15.0 Å². The molecule has 0 radical (unpaired) electrons. The Morgan fingerprint density at radius 3 is 2.56 bits per heavy atom. The second-order valence-corrected chi connectivity index (χ2v) is 8.97. The first kappa shape index (κ1) is 22.0. The first-order valence-electron chi connectivity index (χ1n) is 11.0. The predicted octanol–water partition coefficient (Wildman–Crippen LogP) is 4.05. The average Bonchev–Trinajstić information content (AvgIpc) is 3.10. The van der Waals surface area contributed by atoms with Gasteiger partial charge in [-0.25, -0.2) is 4.98 Å². The van der Waals surface area contributed by atoms with Gasteiger partial charge in [-0.05, 0) is 45.4 Å². The SMILES string of the molecule is Cc1ccc(C(C)(C)C(=O)N2CCO[C@H](c3cccc(Nc4cc(C)n(C)n4)n3)C2)cc1. The third kappa shape index (κ3) is 4.53. The number of rotatable bonds is 5. The molecule has 4 rings (SSSR count). The van der Waals surface area contributed by atoms with Crippen molar-refractivity contribution in [1.82, 2.24) is 19.7 Å². The lowest BCUT2D eigenvalue weighted by Gasteiger charge is -2.37. The minimum Gasteiger partial charge on any atom is -0.368 e. The average molecular weight is 434 g/mol. The summed E-state index contributed by atoms with van der Waals surface area (Å²) in [5, 5.41) is 7.68. The molecule has 0 unspecified atom stereocenters. The van der Waals surface area contributed by atoms with Gasteiger partial charge in [-0.3, -0.25) is 9.48 Å². The number of nitrogens with one attached hydrogen (secondary N) is 1. The van der Waals surface area contributed by atoms with Crippen molar-refractivity contribution in [2.75, 3.05) is 25.0 Å². The van der Waals surface area contributed by atoms with E-state index in [1.165, 1.54) is 5.56 Å². The lowest BCUT2D eigenvalue weighted by Crippen LogP contribution is -2.49. The van der Waals surface area contributed by atoms with Gasteiger partial charge in [0.25, 0.3) is 0 Å². The number of benzene rings is 1. The molecule has 7 heteroatoms. The van der Waals surface area contributed by atoms with Gasteiger partial charge in [0.1, 0.15) is 11.9 Å². The number of ether oxygens (including phenoxy) is 1. The minimum atomic E-state index is -0.608. The number of carbonyl (C=O) groups is 1. The van der Waals surface area contributed by atoms with Crippen LogP contribution < -0.4 is 5.32 Å². The van der Waals surface area contributed by atoms with Gasteiger partial charge >= 0.3 is 0 Å². The van der Waals surface area contributed by atoms with Crippen molar-refractivity contribution in [1.29, 1.82) is 0 Å². The number of amides is 1. The highest BCUT2D eigenvalue weighted by molar-refractivity contribution is 5.87. The maximum Gasteiger partial charge on any atom is 0.232 e. The molecule has 7 nitrogen and oxygen atoms in total. The van der Waals surface area contributed by atoms with Crippen molar-refractivity contribution in [3.05, 3.63) is 71.0 Å². The highest BCUT2D eigenvalue weighted by Crippen LogP contribution is 2.30. The van der Waals surface area contributed by atoms with E-state index in [1.807, 2.05) is 73.8 Å². The van der Waals surface area contributed by atoms with Crippen molar-refractivity contribution in [3.8, 4) is 0 Å². The molecule has 3 aromatic rings. The molecule has 3 heterocycles. The van der Waals surface area contributed by atoms with Crippen LogP contribution in [0, 0.1) is 13.8 Å². The summed E-state index contributed by atoms with van der Waals surface area (Å²) in [6, 6.07) is 16.0. The van der Waals surface area contributed by atoms with Gasteiger partial charge in [0.2, 0.25) is 5.91 Å². The molecule has 168 valence electrons. The molecule has 0 saturated carbocycles. The quantitative estimate of drug-likeness (QED) is 0.657. The van der Waals surface area contributed by atoms with Gasteiger partial charge in [0.15, 0.2) is 5.82 Å². The van der Waals surface area contributed by atoms with E-state index >= 15 is 0 Å². The van der Waals surface area contributed by atoms with Crippen LogP contribution in [0.15, 0.2) is 48.5 Å². The van der Waals surface area contributed by atoms with Crippen LogP contribution in [0.4, 0.5) is 11.6 Å². The van der Waals surface area contributed by atoms with Crippen LogP contribution in [0.25, 0.3) is 0 Å². The van der Waals surface area contributed by atoms with Crippen LogP contribution in [0.5, 0.6) is 0 Å². The van der Waals surface area contributed by atoms with Gasteiger partial charge in [-0.15, -0.1) is 0 Å². The molecule has 1 aliphatic rings. The number of carbonyl (C=O) groups excluding carboxylic acids is 1. The number of anilines is 2. The Kier molecular flexibility index (Phi) is 6.02. The Morgan fingerprint density at radius 2 is 1.88 bits per heavy atom. The molecule has 0 aliphatic carbocycles. The van der Waals surface area contributed by atoms with E-state index in [-0.39, 0.29) is 12.0 Å². The summed E-state index contributed by atoms with van der Waals surface area (Å²) in [6.07, 6.45) is -0.270. The lowest BCUT2D eigenvalue weighted by molar-refractivity contribution is -0.144. The third-order valence-electron chi connectivity index (χ3n) is 6.13. The molecule has 1 saturated heterocycles. The van der Waals surface area contributed by atoms with Crippen LogP contribution in [0.1, 0.15) is 42.5 Å². The molecule has 1 atom stereocenters. The second kappa shape index (κ2) is 8.74. The largest absolute Gasteiger partial charge is 0.368 e. The fourth-order valence-electron chi connectivity index (χ4n) is 3.95. The summed E-state index contributed by atoms with van der Waals surface area (Å²) in [7, 11) is 1.91. The Balaban J connectivity index is 1.49. The fraction of sp³-hybridized carbons (Fsp3) is 0.400. The highest BCUT2D eigenvalue weighted by atomic mass is 16.5. The van der Waals surface area contributed by atoms with Crippen molar-refractivity contribution in [2.45, 2.75) is 39.2 Å². The molecule has 1 aromatic carbocycles. The van der Waals surface area contributed by atoms with E-state index in [2.05, 4.69) is 29.5 Å². The summed E-state index contributed by atoms with van der Waals surface area (Å²) < 4.78 is 7.82. The number of hydrogen-bond acceptors (Lipinski definition) is 5. The molecule has 0 bridgehead atoms. The van der Waals surface area contributed by atoms with Crippen LogP contribution in [0.2, 0.25) is 0 Å². The van der Waals surface area contributed by atoms with Crippen molar-refractivity contribution >= 4 is 17.5 Å². The van der Waals surface area contributed by atoms with Crippen LogP contribution in [-0.2, 0) is 22.0 Å².